The molecular weight excluding hydrogens is 254 g/mol. The second-order valence-corrected chi connectivity index (χ2v) is 4.19. The molecule has 0 heterocycles. The van der Waals surface area contributed by atoms with Crippen molar-refractivity contribution >= 4 is 11.6 Å². The van der Waals surface area contributed by atoms with E-state index in [1.807, 2.05) is 24.3 Å². The number of rotatable bonds is 9. The summed E-state index contributed by atoms with van der Waals surface area (Å²) < 4.78 is 15.8. The fourth-order valence-electron chi connectivity index (χ4n) is 1.50. The molecule has 0 saturated carbocycles. The van der Waals surface area contributed by atoms with Crippen molar-refractivity contribution in [1.29, 1.82) is 0 Å². The van der Waals surface area contributed by atoms with E-state index in [4.69, 9.17) is 31.5 Å². The lowest BCUT2D eigenvalue weighted by Gasteiger charge is -2.16. The van der Waals surface area contributed by atoms with E-state index < -0.39 is 0 Å². The molecule has 0 amide bonds. The van der Waals surface area contributed by atoms with Gasteiger partial charge in [0.15, 0.2) is 0 Å². The molecule has 0 aliphatic carbocycles. The van der Waals surface area contributed by atoms with Gasteiger partial charge in [0, 0.05) is 18.7 Å². The zero-order chi connectivity index (χ0) is 13.2. The third-order valence-electron chi connectivity index (χ3n) is 2.41. The van der Waals surface area contributed by atoms with Crippen LogP contribution in [-0.4, -0.2) is 40.1 Å². The van der Waals surface area contributed by atoms with Crippen LogP contribution in [0.15, 0.2) is 24.3 Å². The van der Waals surface area contributed by atoms with Gasteiger partial charge in [-0.2, -0.15) is 0 Å². The van der Waals surface area contributed by atoms with Gasteiger partial charge >= 0.3 is 0 Å². The fourth-order valence-corrected chi connectivity index (χ4v) is 1.70. The van der Waals surface area contributed by atoms with Gasteiger partial charge in [0.1, 0.15) is 0 Å². The van der Waals surface area contributed by atoms with E-state index in [1.165, 1.54) is 0 Å². The van der Waals surface area contributed by atoms with E-state index in [-0.39, 0.29) is 6.10 Å². The summed E-state index contributed by atoms with van der Waals surface area (Å²) in [7, 11) is 1.64. The molecule has 18 heavy (non-hydrogen) atoms. The Morgan fingerprint density at radius 2 is 2.00 bits per heavy atom. The van der Waals surface area contributed by atoms with Crippen LogP contribution in [-0.2, 0) is 14.2 Å². The minimum Gasteiger partial charge on any atom is -0.382 e. The number of ether oxygens (including phenoxy) is 3. The first-order valence-corrected chi connectivity index (χ1v) is 6.29. The van der Waals surface area contributed by atoms with Gasteiger partial charge in [-0.05, 0) is 17.7 Å². The molecule has 102 valence electrons. The molecule has 4 nitrogen and oxygen atoms in total. The molecule has 1 unspecified atom stereocenters. The van der Waals surface area contributed by atoms with Crippen LogP contribution in [0.25, 0.3) is 0 Å². The average molecular weight is 274 g/mol. The molecule has 5 heteroatoms. The predicted molar refractivity (Wildman–Crippen MR) is 71.9 cm³/mol. The van der Waals surface area contributed by atoms with Crippen LogP contribution in [0.5, 0.6) is 0 Å². The zero-order valence-electron chi connectivity index (χ0n) is 10.6. The summed E-state index contributed by atoms with van der Waals surface area (Å²) in [6.07, 6.45) is -0.144. The van der Waals surface area contributed by atoms with Crippen molar-refractivity contribution in [1.82, 2.24) is 0 Å². The van der Waals surface area contributed by atoms with Crippen molar-refractivity contribution in [3.05, 3.63) is 34.9 Å². The Balaban J connectivity index is 2.29. The number of methoxy groups -OCH3 is 1. The number of benzene rings is 1. The summed E-state index contributed by atoms with van der Waals surface area (Å²) in [5, 5.41) is 0.686. The molecular formula is C13H20ClNO3. The monoisotopic (exact) mass is 273 g/mol. The summed E-state index contributed by atoms with van der Waals surface area (Å²) in [5.74, 6) is 0. The summed E-state index contributed by atoms with van der Waals surface area (Å²) in [6, 6.07) is 7.53. The maximum Gasteiger partial charge on any atom is 0.0948 e. The molecule has 1 aromatic rings. The smallest absolute Gasteiger partial charge is 0.0948 e. The van der Waals surface area contributed by atoms with Crippen molar-refractivity contribution in [2.75, 3.05) is 40.1 Å². The second kappa shape index (κ2) is 9.30. The van der Waals surface area contributed by atoms with E-state index >= 15 is 0 Å². The lowest BCUT2D eigenvalue weighted by molar-refractivity contribution is -0.00422. The highest BCUT2D eigenvalue weighted by Gasteiger charge is 2.10. The van der Waals surface area contributed by atoms with Crippen LogP contribution >= 0.6 is 11.6 Å². The summed E-state index contributed by atoms with van der Waals surface area (Å²) in [4.78, 5) is 0. The Morgan fingerprint density at radius 3 is 2.67 bits per heavy atom. The molecule has 2 N–H and O–H groups in total. The molecule has 0 aliphatic rings. The summed E-state index contributed by atoms with van der Waals surface area (Å²) in [6.45, 7) is 2.61. The van der Waals surface area contributed by atoms with E-state index in [0.717, 1.165) is 5.56 Å². The van der Waals surface area contributed by atoms with Gasteiger partial charge in [0.2, 0.25) is 0 Å². The first kappa shape index (κ1) is 15.4. The van der Waals surface area contributed by atoms with E-state index in [2.05, 4.69) is 0 Å². The number of nitrogens with two attached hydrogens (primary N) is 1. The topological polar surface area (TPSA) is 53.7 Å². The highest BCUT2D eigenvalue weighted by Crippen LogP contribution is 2.19. The third kappa shape index (κ3) is 5.80. The molecule has 1 aromatic carbocycles. The second-order valence-electron chi connectivity index (χ2n) is 3.76. The Morgan fingerprint density at radius 1 is 1.22 bits per heavy atom. The maximum atomic E-state index is 5.93. The van der Waals surface area contributed by atoms with Crippen LogP contribution < -0.4 is 5.73 Å². The van der Waals surface area contributed by atoms with E-state index in [0.29, 0.717) is 38.0 Å². The van der Waals surface area contributed by atoms with Crippen LogP contribution in [0.4, 0.5) is 0 Å². The van der Waals surface area contributed by atoms with Gasteiger partial charge in [-0.25, -0.2) is 0 Å². The van der Waals surface area contributed by atoms with Gasteiger partial charge in [0.05, 0.1) is 32.5 Å². The largest absolute Gasteiger partial charge is 0.382 e. The average Bonchev–Trinajstić information content (AvgIpc) is 2.38. The fraction of sp³-hybridized carbons (Fsp3) is 0.538. The highest BCUT2D eigenvalue weighted by molar-refractivity contribution is 6.30. The van der Waals surface area contributed by atoms with Crippen molar-refractivity contribution < 1.29 is 14.2 Å². The van der Waals surface area contributed by atoms with E-state index in [1.54, 1.807) is 7.11 Å². The Kier molecular flexibility index (Phi) is 7.96. The van der Waals surface area contributed by atoms with Crippen molar-refractivity contribution in [2.24, 2.45) is 5.73 Å². The highest BCUT2D eigenvalue weighted by atomic mass is 35.5. The molecule has 0 fully saturated rings. The molecule has 1 rings (SSSR count). The molecule has 0 radical (unpaired) electrons. The standard InChI is InChI=1S/C13H20ClNO3/c1-16-5-6-17-7-8-18-13(10-15)11-3-2-4-12(14)9-11/h2-4,9,13H,5-8,10,15H2,1H3. The Bertz CT molecular complexity index is 336. The van der Waals surface area contributed by atoms with Crippen LogP contribution in [0.1, 0.15) is 11.7 Å². The first-order valence-electron chi connectivity index (χ1n) is 5.91. The van der Waals surface area contributed by atoms with Crippen LogP contribution in [0.3, 0.4) is 0 Å². The molecule has 0 bridgehead atoms. The van der Waals surface area contributed by atoms with Crippen molar-refractivity contribution in [3.8, 4) is 0 Å². The van der Waals surface area contributed by atoms with Crippen LogP contribution in [0.2, 0.25) is 5.02 Å². The molecule has 0 aromatic heterocycles. The molecule has 0 spiro atoms. The zero-order valence-corrected chi connectivity index (χ0v) is 11.4. The van der Waals surface area contributed by atoms with Gasteiger partial charge in [0.25, 0.3) is 0 Å². The maximum absolute atomic E-state index is 5.93. The van der Waals surface area contributed by atoms with Crippen molar-refractivity contribution in [2.45, 2.75) is 6.10 Å². The quantitative estimate of drug-likeness (QED) is 0.700. The van der Waals surface area contributed by atoms with E-state index in [9.17, 15) is 0 Å². The van der Waals surface area contributed by atoms with Gasteiger partial charge < -0.3 is 19.9 Å². The third-order valence-corrected chi connectivity index (χ3v) is 2.65. The first-order chi connectivity index (χ1) is 8.77. The summed E-state index contributed by atoms with van der Waals surface area (Å²) >= 11 is 5.93. The van der Waals surface area contributed by atoms with Crippen LogP contribution in [0, 0.1) is 0 Å². The van der Waals surface area contributed by atoms with Gasteiger partial charge in [-0.15, -0.1) is 0 Å². The molecule has 0 aliphatic heterocycles. The minimum absolute atomic E-state index is 0.144. The van der Waals surface area contributed by atoms with Crippen molar-refractivity contribution in [3.63, 3.8) is 0 Å². The number of halogens is 1. The van der Waals surface area contributed by atoms with Gasteiger partial charge in [-0.1, -0.05) is 23.7 Å². The SMILES string of the molecule is COCCOCCOC(CN)c1cccc(Cl)c1. The summed E-state index contributed by atoms with van der Waals surface area (Å²) in [5.41, 5.74) is 6.68. The normalized spacial score (nSPS) is 12.6. The number of hydrogen-bond acceptors (Lipinski definition) is 4. The Hall–Kier alpha value is -0.650. The Labute approximate surface area is 113 Å². The molecule has 1 atom stereocenters. The predicted octanol–water partition coefficient (Wildman–Crippen LogP) is 2.02. The van der Waals surface area contributed by atoms with Gasteiger partial charge in [-0.3, -0.25) is 0 Å². The lowest BCUT2D eigenvalue weighted by atomic mass is 10.1. The lowest BCUT2D eigenvalue weighted by Crippen LogP contribution is -2.18. The molecule has 0 saturated heterocycles. The minimum atomic E-state index is -0.144. The number of hydrogen-bond donors (Lipinski definition) is 1.